The molecule has 0 atom stereocenters. The molecule has 2 aromatic rings. The lowest BCUT2D eigenvalue weighted by molar-refractivity contribution is 0.102. The number of carbonyl (C=O) groups excluding carboxylic acids is 1. The van der Waals surface area contributed by atoms with Gasteiger partial charge in [-0.1, -0.05) is 11.6 Å². The molecule has 18 heavy (non-hydrogen) atoms. The van der Waals surface area contributed by atoms with Crippen LogP contribution >= 0.6 is 11.6 Å². The van der Waals surface area contributed by atoms with Gasteiger partial charge in [-0.15, -0.1) is 0 Å². The van der Waals surface area contributed by atoms with Gasteiger partial charge in [0.2, 0.25) is 0 Å². The fraction of sp³-hybridized carbons (Fsp3) is 0.182. The molecule has 5 nitrogen and oxygen atoms in total. The van der Waals surface area contributed by atoms with Crippen molar-refractivity contribution in [3.8, 4) is 0 Å². The van der Waals surface area contributed by atoms with Crippen LogP contribution in [0.5, 0.6) is 0 Å². The van der Waals surface area contributed by atoms with Gasteiger partial charge in [0.15, 0.2) is 0 Å². The molecule has 0 fully saturated rings. The molecule has 0 spiro atoms. The van der Waals surface area contributed by atoms with Gasteiger partial charge in [-0.05, 0) is 19.9 Å². The Morgan fingerprint density at radius 1 is 1.50 bits per heavy atom. The molecule has 7 heteroatoms. The monoisotopic (exact) mass is 268 g/mol. The van der Waals surface area contributed by atoms with Crippen LogP contribution in [0.1, 0.15) is 21.7 Å². The summed E-state index contributed by atoms with van der Waals surface area (Å²) in [4.78, 5) is 15.5. The molecule has 2 rings (SSSR count). The fourth-order valence-electron chi connectivity index (χ4n) is 1.50. The Kier molecular flexibility index (Phi) is 3.29. The number of halogens is 2. The summed E-state index contributed by atoms with van der Waals surface area (Å²) in [6.45, 7) is 3.51. The quantitative estimate of drug-likeness (QED) is 0.822. The first-order valence-electron chi connectivity index (χ1n) is 5.13. The molecule has 0 aliphatic rings. The van der Waals surface area contributed by atoms with Crippen molar-refractivity contribution in [2.24, 2.45) is 0 Å². The highest BCUT2D eigenvalue weighted by molar-refractivity contribution is 6.33. The normalized spacial score (nSPS) is 10.4. The van der Waals surface area contributed by atoms with Crippen molar-refractivity contribution in [1.29, 1.82) is 0 Å². The summed E-state index contributed by atoms with van der Waals surface area (Å²) in [5.74, 6) is -1.15. The number of nitrogens with zero attached hydrogens (tertiary/aromatic N) is 2. The summed E-state index contributed by atoms with van der Waals surface area (Å²) in [5, 5.41) is 9.24. The number of H-pyrrole nitrogens is 1. The van der Waals surface area contributed by atoms with E-state index in [0.717, 1.165) is 12.3 Å². The average molecular weight is 269 g/mol. The first-order valence-corrected chi connectivity index (χ1v) is 5.51. The van der Waals surface area contributed by atoms with E-state index in [1.807, 2.05) is 0 Å². The zero-order chi connectivity index (χ0) is 13.3. The Morgan fingerprint density at radius 2 is 2.22 bits per heavy atom. The van der Waals surface area contributed by atoms with Crippen molar-refractivity contribution in [3.05, 3.63) is 40.2 Å². The molecular formula is C11H10ClFN4O. The van der Waals surface area contributed by atoms with Crippen molar-refractivity contribution >= 4 is 23.2 Å². The lowest BCUT2D eigenvalue weighted by Gasteiger charge is -2.06. The van der Waals surface area contributed by atoms with Gasteiger partial charge >= 0.3 is 0 Å². The minimum absolute atomic E-state index is 0.0170. The van der Waals surface area contributed by atoms with E-state index in [9.17, 15) is 9.18 Å². The first-order chi connectivity index (χ1) is 8.49. The van der Waals surface area contributed by atoms with E-state index >= 15 is 0 Å². The number of rotatable bonds is 2. The van der Waals surface area contributed by atoms with E-state index in [1.165, 1.54) is 0 Å². The average Bonchev–Trinajstić information content (AvgIpc) is 2.64. The van der Waals surface area contributed by atoms with Crippen molar-refractivity contribution in [2.45, 2.75) is 13.8 Å². The second-order valence-corrected chi connectivity index (χ2v) is 4.11. The van der Waals surface area contributed by atoms with Gasteiger partial charge in [0.05, 0.1) is 28.8 Å². The summed E-state index contributed by atoms with van der Waals surface area (Å²) < 4.78 is 13.0. The number of aromatic nitrogens is 3. The summed E-state index contributed by atoms with van der Waals surface area (Å²) in [5.41, 5.74) is 1.89. The molecule has 0 saturated heterocycles. The molecule has 0 bridgehead atoms. The highest BCUT2D eigenvalue weighted by atomic mass is 35.5. The maximum atomic E-state index is 13.0. The molecule has 2 aromatic heterocycles. The van der Waals surface area contributed by atoms with Crippen LogP contribution in [0.25, 0.3) is 0 Å². The molecule has 0 radical (unpaired) electrons. The lowest BCUT2D eigenvalue weighted by atomic mass is 10.2. The Morgan fingerprint density at radius 3 is 2.83 bits per heavy atom. The highest BCUT2D eigenvalue weighted by Gasteiger charge is 2.16. The topological polar surface area (TPSA) is 70.7 Å². The van der Waals surface area contributed by atoms with Crippen molar-refractivity contribution in [1.82, 2.24) is 15.2 Å². The SMILES string of the molecule is Cc1n[nH]c(C)c1NC(=O)c1cc(F)cnc1Cl. The number of hydrogen-bond donors (Lipinski definition) is 2. The number of nitrogens with one attached hydrogen (secondary N) is 2. The second-order valence-electron chi connectivity index (χ2n) is 3.76. The van der Waals surface area contributed by atoms with Crippen LogP contribution in [0.3, 0.4) is 0 Å². The largest absolute Gasteiger partial charge is 0.319 e. The van der Waals surface area contributed by atoms with E-state index in [1.54, 1.807) is 13.8 Å². The van der Waals surface area contributed by atoms with Crippen LogP contribution in [0.4, 0.5) is 10.1 Å². The summed E-state index contributed by atoms with van der Waals surface area (Å²) in [7, 11) is 0. The summed E-state index contributed by atoms with van der Waals surface area (Å²) in [6, 6.07) is 1.04. The Hall–Kier alpha value is -1.95. The predicted octanol–water partition coefficient (Wildman–Crippen LogP) is 2.47. The van der Waals surface area contributed by atoms with E-state index in [2.05, 4.69) is 20.5 Å². The third-order valence-corrected chi connectivity index (χ3v) is 2.72. The molecule has 0 aliphatic carbocycles. The van der Waals surface area contributed by atoms with Crippen LogP contribution in [0.15, 0.2) is 12.3 Å². The smallest absolute Gasteiger partial charge is 0.258 e. The van der Waals surface area contributed by atoms with E-state index in [-0.39, 0.29) is 10.7 Å². The third kappa shape index (κ3) is 2.33. The van der Waals surface area contributed by atoms with Gasteiger partial charge in [-0.2, -0.15) is 5.10 Å². The maximum absolute atomic E-state index is 13.0. The van der Waals surface area contributed by atoms with Crippen LogP contribution in [-0.4, -0.2) is 21.1 Å². The van der Waals surface area contributed by atoms with Crippen LogP contribution in [-0.2, 0) is 0 Å². The second kappa shape index (κ2) is 4.73. The number of aromatic amines is 1. The number of carbonyl (C=O) groups is 1. The Bertz CT molecular complexity index is 592. The molecule has 94 valence electrons. The van der Waals surface area contributed by atoms with Crippen molar-refractivity contribution in [2.75, 3.05) is 5.32 Å². The molecule has 2 N–H and O–H groups in total. The minimum Gasteiger partial charge on any atom is -0.319 e. The van der Waals surface area contributed by atoms with Gasteiger partial charge in [0.1, 0.15) is 11.0 Å². The van der Waals surface area contributed by atoms with Crippen molar-refractivity contribution in [3.63, 3.8) is 0 Å². The lowest BCUT2D eigenvalue weighted by Crippen LogP contribution is -2.14. The predicted molar refractivity (Wildman–Crippen MR) is 65.2 cm³/mol. The Balaban J connectivity index is 2.30. The van der Waals surface area contributed by atoms with Gasteiger partial charge in [-0.25, -0.2) is 9.37 Å². The minimum atomic E-state index is -0.620. The highest BCUT2D eigenvalue weighted by Crippen LogP contribution is 2.20. The zero-order valence-electron chi connectivity index (χ0n) is 9.71. The van der Waals surface area contributed by atoms with Crippen LogP contribution < -0.4 is 5.32 Å². The number of amides is 1. The van der Waals surface area contributed by atoms with E-state index < -0.39 is 11.7 Å². The molecule has 0 unspecified atom stereocenters. The molecule has 0 saturated carbocycles. The van der Waals surface area contributed by atoms with Crippen molar-refractivity contribution < 1.29 is 9.18 Å². The third-order valence-electron chi connectivity index (χ3n) is 2.42. The van der Waals surface area contributed by atoms with Gasteiger partial charge in [-0.3, -0.25) is 9.89 Å². The fourth-order valence-corrected chi connectivity index (χ4v) is 1.69. The first kappa shape index (κ1) is 12.5. The van der Waals surface area contributed by atoms with E-state index in [0.29, 0.717) is 17.1 Å². The standard InChI is InChI=1S/C11H10ClFN4O/c1-5-9(6(2)17-16-5)15-11(18)8-3-7(13)4-14-10(8)12/h3-4H,1-2H3,(H,15,18)(H,16,17). The molecular weight excluding hydrogens is 259 g/mol. The molecule has 1 amide bonds. The molecule has 2 heterocycles. The van der Waals surface area contributed by atoms with Gasteiger partial charge in [0.25, 0.3) is 5.91 Å². The van der Waals surface area contributed by atoms with Crippen LogP contribution in [0.2, 0.25) is 5.15 Å². The number of aryl methyl sites for hydroxylation is 2. The molecule has 0 aliphatic heterocycles. The van der Waals surface area contributed by atoms with Crippen LogP contribution in [0, 0.1) is 19.7 Å². The summed E-state index contributed by atoms with van der Waals surface area (Å²) in [6.07, 6.45) is 0.952. The Labute approximate surface area is 107 Å². The van der Waals surface area contributed by atoms with Gasteiger partial charge in [0, 0.05) is 0 Å². The number of anilines is 1. The number of pyridine rings is 1. The molecule has 0 aromatic carbocycles. The maximum Gasteiger partial charge on any atom is 0.258 e. The number of hydrogen-bond acceptors (Lipinski definition) is 3. The van der Waals surface area contributed by atoms with Gasteiger partial charge < -0.3 is 5.32 Å². The van der Waals surface area contributed by atoms with E-state index in [4.69, 9.17) is 11.6 Å². The zero-order valence-corrected chi connectivity index (χ0v) is 10.5. The summed E-state index contributed by atoms with van der Waals surface area (Å²) >= 11 is 5.75.